The number of ether oxygens (including phenoxy) is 1. The molecule has 1 saturated heterocycles. The maximum atomic E-state index is 12.8. The Morgan fingerprint density at radius 1 is 1.26 bits per heavy atom. The summed E-state index contributed by atoms with van der Waals surface area (Å²) in [4.78, 5) is 27.4. The molecule has 27 heavy (non-hydrogen) atoms. The lowest BCUT2D eigenvalue weighted by molar-refractivity contribution is -0.139. The molecule has 2 aliphatic rings. The molecule has 6 heteroatoms. The molecular weight excluding hydrogens is 342 g/mol. The number of carbonyl (C=O) groups is 2. The van der Waals surface area contributed by atoms with Crippen molar-refractivity contribution < 1.29 is 14.3 Å². The van der Waals surface area contributed by atoms with Crippen LogP contribution in [0.15, 0.2) is 41.6 Å². The molecule has 0 radical (unpaired) electrons. The van der Waals surface area contributed by atoms with Crippen LogP contribution in [0.1, 0.15) is 44.7 Å². The van der Waals surface area contributed by atoms with Crippen LogP contribution in [0.2, 0.25) is 0 Å². The average molecular weight is 371 g/mol. The molecular formula is C21H29N3O3. The summed E-state index contributed by atoms with van der Waals surface area (Å²) < 4.78 is 5.32. The van der Waals surface area contributed by atoms with Crippen molar-refractivity contribution in [2.45, 2.75) is 39.2 Å². The van der Waals surface area contributed by atoms with Gasteiger partial charge in [-0.1, -0.05) is 43.7 Å². The van der Waals surface area contributed by atoms with Gasteiger partial charge in [0.25, 0.3) is 0 Å². The second-order valence-electron chi connectivity index (χ2n) is 7.21. The summed E-state index contributed by atoms with van der Waals surface area (Å²) in [6.07, 6.45) is 3.55. The van der Waals surface area contributed by atoms with E-state index < -0.39 is 6.04 Å². The number of urea groups is 1. The predicted molar refractivity (Wildman–Crippen MR) is 104 cm³/mol. The molecule has 0 spiro atoms. The Morgan fingerprint density at radius 3 is 2.74 bits per heavy atom. The maximum absolute atomic E-state index is 12.8. The molecule has 0 aliphatic carbocycles. The fraction of sp³-hybridized carbons (Fsp3) is 0.524. The van der Waals surface area contributed by atoms with Gasteiger partial charge in [-0.05, 0) is 37.8 Å². The number of piperidine rings is 1. The molecule has 2 aliphatic heterocycles. The van der Waals surface area contributed by atoms with E-state index in [4.69, 9.17) is 4.74 Å². The molecule has 1 aromatic rings. The minimum atomic E-state index is -0.499. The van der Waals surface area contributed by atoms with E-state index >= 15 is 0 Å². The van der Waals surface area contributed by atoms with Crippen molar-refractivity contribution in [3.63, 3.8) is 0 Å². The number of carbonyl (C=O) groups excluding carboxylic acids is 2. The van der Waals surface area contributed by atoms with Crippen molar-refractivity contribution in [2.75, 3.05) is 26.2 Å². The summed E-state index contributed by atoms with van der Waals surface area (Å²) in [7, 11) is 0. The minimum Gasteiger partial charge on any atom is -0.463 e. The first-order valence-corrected chi connectivity index (χ1v) is 9.87. The molecule has 2 atom stereocenters. The lowest BCUT2D eigenvalue weighted by Gasteiger charge is -2.35. The molecule has 2 unspecified atom stereocenters. The van der Waals surface area contributed by atoms with Crippen LogP contribution in [-0.4, -0.2) is 43.1 Å². The van der Waals surface area contributed by atoms with Gasteiger partial charge in [-0.25, -0.2) is 9.59 Å². The van der Waals surface area contributed by atoms with Crippen molar-refractivity contribution in [1.82, 2.24) is 15.5 Å². The number of nitrogens with one attached hydrogen (secondary N) is 2. The number of hydrogen-bond donors (Lipinski definition) is 2. The molecule has 2 N–H and O–H groups in total. The summed E-state index contributed by atoms with van der Waals surface area (Å²) in [6, 6.07) is 8.78. The third-order valence-electron chi connectivity index (χ3n) is 5.34. The first-order chi connectivity index (χ1) is 13.1. The first-order valence-electron chi connectivity index (χ1n) is 9.87. The molecule has 2 heterocycles. The van der Waals surface area contributed by atoms with Gasteiger partial charge in [0.15, 0.2) is 0 Å². The first kappa shape index (κ1) is 19.4. The fourth-order valence-corrected chi connectivity index (χ4v) is 3.94. The normalized spacial score (nSPS) is 23.6. The maximum Gasteiger partial charge on any atom is 0.338 e. The zero-order chi connectivity index (χ0) is 19.2. The van der Waals surface area contributed by atoms with Gasteiger partial charge in [0, 0.05) is 18.8 Å². The zero-order valence-corrected chi connectivity index (χ0v) is 16.2. The van der Waals surface area contributed by atoms with Gasteiger partial charge < -0.3 is 15.4 Å². The van der Waals surface area contributed by atoms with Crippen LogP contribution < -0.4 is 10.6 Å². The van der Waals surface area contributed by atoms with E-state index in [9.17, 15) is 9.59 Å². The fourth-order valence-electron chi connectivity index (χ4n) is 3.94. The topological polar surface area (TPSA) is 70.7 Å². The summed E-state index contributed by atoms with van der Waals surface area (Å²) >= 11 is 0. The highest BCUT2D eigenvalue weighted by Gasteiger charge is 2.34. The van der Waals surface area contributed by atoms with Crippen LogP contribution in [-0.2, 0) is 9.53 Å². The largest absolute Gasteiger partial charge is 0.463 e. The van der Waals surface area contributed by atoms with Crippen LogP contribution in [0.4, 0.5) is 4.79 Å². The van der Waals surface area contributed by atoms with Crippen LogP contribution in [0.5, 0.6) is 0 Å². The van der Waals surface area contributed by atoms with Crippen molar-refractivity contribution >= 4 is 12.0 Å². The highest BCUT2D eigenvalue weighted by molar-refractivity contribution is 5.95. The molecule has 0 saturated carbocycles. The highest BCUT2D eigenvalue weighted by Crippen LogP contribution is 2.29. The number of hydrogen-bond acceptors (Lipinski definition) is 4. The summed E-state index contributed by atoms with van der Waals surface area (Å²) in [5.41, 5.74) is 2.03. The van der Waals surface area contributed by atoms with E-state index in [1.54, 1.807) is 6.92 Å². The molecule has 2 amide bonds. The molecule has 3 rings (SSSR count). The lowest BCUT2D eigenvalue weighted by Crippen LogP contribution is -2.49. The third kappa shape index (κ3) is 4.69. The van der Waals surface area contributed by atoms with E-state index in [0.29, 0.717) is 30.3 Å². The number of nitrogens with zero attached hydrogens (tertiary/aromatic N) is 1. The second kappa shape index (κ2) is 9.04. The van der Waals surface area contributed by atoms with Crippen molar-refractivity contribution in [1.29, 1.82) is 0 Å². The molecule has 1 aromatic carbocycles. The quantitative estimate of drug-likeness (QED) is 0.754. The summed E-state index contributed by atoms with van der Waals surface area (Å²) in [6.45, 7) is 6.84. The zero-order valence-electron chi connectivity index (χ0n) is 16.2. The molecule has 146 valence electrons. The third-order valence-corrected chi connectivity index (χ3v) is 5.34. The van der Waals surface area contributed by atoms with Gasteiger partial charge in [-0.15, -0.1) is 0 Å². The van der Waals surface area contributed by atoms with Gasteiger partial charge >= 0.3 is 12.0 Å². The number of esters is 1. The van der Waals surface area contributed by atoms with Gasteiger partial charge in [-0.2, -0.15) is 0 Å². The minimum absolute atomic E-state index is 0.282. The SMILES string of the molecule is CCOC(=O)C1=C(CN2CCCC(CC)C2)NC(=O)NC1c1ccccc1. The Hall–Kier alpha value is -2.34. The van der Waals surface area contributed by atoms with E-state index in [1.807, 2.05) is 30.3 Å². The van der Waals surface area contributed by atoms with Gasteiger partial charge in [0.1, 0.15) is 0 Å². The molecule has 0 bridgehead atoms. The number of rotatable bonds is 6. The number of amides is 2. The monoisotopic (exact) mass is 371 g/mol. The summed E-state index contributed by atoms with van der Waals surface area (Å²) in [5, 5.41) is 5.75. The van der Waals surface area contributed by atoms with E-state index in [-0.39, 0.29) is 12.0 Å². The average Bonchev–Trinajstić information content (AvgIpc) is 2.68. The summed E-state index contributed by atoms with van der Waals surface area (Å²) in [5.74, 6) is 0.297. The Morgan fingerprint density at radius 2 is 2.04 bits per heavy atom. The van der Waals surface area contributed by atoms with E-state index in [2.05, 4.69) is 22.5 Å². The van der Waals surface area contributed by atoms with Crippen LogP contribution in [0, 0.1) is 5.92 Å². The van der Waals surface area contributed by atoms with Gasteiger partial charge in [-0.3, -0.25) is 4.90 Å². The lowest BCUT2D eigenvalue weighted by atomic mass is 9.93. The predicted octanol–water partition coefficient (Wildman–Crippen LogP) is 2.98. The van der Waals surface area contributed by atoms with Crippen LogP contribution in [0.3, 0.4) is 0 Å². The highest BCUT2D eigenvalue weighted by atomic mass is 16.5. The van der Waals surface area contributed by atoms with E-state index in [1.165, 1.54) is 6.42 Å². The van der Waals surface area contributed by atoms with E-state index in [0.717, 1.165) is 31.5 Å². The molecule has 1 fully saturated rings. The Kier molecular flexibility index (Phi) is 6.50. The van der Waals surface area contributed by atoms with Crippen molar-refractivity contribution in [2.24, 2.45) is 5.92 Å². The smallest absolute Gasteiger partial charge is 0.338 e. The van der Waals surface area contributed by atoms with Gasteiger partial charge in [0.05, 0.1) is 18.2 Å². The molecule has 0 aromatic heterocycles. The Labute approximate surface area is 161 Å². The van der Waals surface area contributed by atoms with Crippen LogP contribution >= 0.6 is 0 Å². The number of likely N-dealkylation sites (tertiary alicyclic amines) is 1. The number of benzene rings is 1. The molecule has 6 nitrogen and oxygen atoms in total. The van der Waals surface area contributed by atoms with Crippen molar-refractivity contribution in [3.8, 4) is 0 Å². The van der Waals surface area contributed by atoms with Crippen molar-refractivity contribution in [3.05, 3.63) is 47.2 Å². The second-order valence-corrected chi connectivity index (χ2v) is 7.21. The van der Waals surface area contributed by atoms with Gasteiger partial charge in [0.2, 0.25) is 0 Å². The Bertz CT molecular complexity index is 702. The standard InChI is InChI=1S/C21H29N3O3/c1-3-15-9-8-12-24(13-15)14-17-18(20(25)27-4-2)19(23-21(26)22-17)16-10-6-5-7-11-16/h5-7,10-11,15,19H,3-4,8-9,12-14H2,1-2H3,(H2,22,23,26). The van der Waals surface area contributed by atoms with Crippen LogP contribution in [0.25, 0.3) is 0 Å². The Balaban J connectivity index is 1.93.